The number of furan rings is 1. The van der Waals surface area contributed by atoms with Gasteiger partial charge in [0.1, 0.15) is 11.3 Å². The Hall–Kier alpha value is -2.07. The normalized spacial score (nSPS) is 12.1. The van der Waals surface area contributed by atoms with Gasteiger partial charge in [0, 0.05) is 6.42 Å². The van der Waals surface area contributed by atoms with Crippen LogP contribution in [0.5, 0.6) is 0 Å². The van der Waals surface area contributed by atoms with E-state index in [0.29, 0.717) is 11.3 Å². The third kappa shape index (κ3) is 2.60. The minimum absolute atomic E-state index is 0.238. The topological polar surface area (TPSA) is 59.7 Å². The average molecular weight is 246 g/mol. The summed E-state index contributed by atoms with van der Waals surface area (Å²) < 4.78 is 9.86. The Kier molecular flexibility index (Phi) is 3.79. The lowest BCUT2D eigenvalue weighted by Crippen LogP contribution is -2.07. The zero-order valence-electron chi connectivity index (χ0n) is 10.00. The lowest BCUT2D eigenvalue weighted by Gasteiger charge is -2.09. The fourth-order valence-corrected chi connectivity index (χ4v) is 1.76. The Morgan fingerprint density at radius 1 is 1.33 bits per heavy atom. The zero-order chi connectivity index (χ0) is 13.0. The van der Waals surface area contributed by atoms with Gasteiger partial charge in [0.15, 0.2) is 0 Å². The fraction of sp³-hybridized carbons (Fsp3) is 0.214. The van der Waals surface area contributed by atoms with Crippen molar-refractivity contribution >= 4 is 5.97 Å². The van der Waals surface area contributed by atoms with Crippen molar-refractivity contribution in [1.29, 1.82) is 0 Å². The molecule has 0 bridgehead atoms. The third-order valence-electron chi connectivity index (χ3n) is 2.71. The number of aliphatic hydroxyl groups excluding tert-OH is 1. The average Bonchev–Trinajstić information content (AvgIpc) is 2.87. The van der Waals surface area contributed by atoms with E-state index in [1.807, 2.05) is 30.3 Å². The maximum absolute atomic E-state index is 11.4. The standard InChI is InChI=1S/C14H14O4/c1-17-14(16)11-7-8-18-13(11)9-12(15)10-5-3-2-4-6-10/h2-8,12,15H,9H2,1H3. The summed E-state index contributed by atoms with van der Waals surface area (Å²) in [6.45, 7) is 0. The number of rotatable bonds is 4. The first-order chi connectivity index (χ1) is 8.72. The molecule has 0 radical (unpaired) electrons. The summed E-state index contributed by atoms with van der Waals surface area (Å²) in [7, 11) is 1.31. The SMILES string of the molecule is COC(=O)c1ccoc1CC(O)c1ccccc1. The van der Waals surface area contributed by atoms with Crippen molar-refractivity contribution < 1.29 is 19.1 Å². The Labute approximate surface area is 105 Å². The molecule has 4 nitrogen and oxygen atoms in total. The van der Waals surface area contributed by atoms with Crippen LogP contribution in [0.15, 0.2) is 47.1 Å². The van der Waals surface area contributed by atoms with Gasteiger partial charge in [-0.3, -0.25) is 0 Å². The number of methoxy groups -OCH3 is 1. The first kappa shape index (κ1) is 12.4. The number of ether oxygens (including phenoxy) is 1. The van der Waals surface area contributed by atoms with Crippen LogP contribution in [-0.4, -0.2) is 18.2 Å². The van der Waals surface area contributed by atoms with Gasteiger partial charge in [0.05, 0.1) is 19.5 Å². The van der Waals surface area contributed by atoms with E-state index >= 15 is 0 Å². The third-order valence-corrected chi connectivity index (χ3v) is 2.71. The maximum atomic E-state index is 11.4. The van der Waals surface area contributed by atoms with E-state index in [-0.39, 0.29) is 6.42 Å². The van der Waals surface area contributed by atoms with Crippen LogP contribution >= 0.6 is 0 Å². The predicted octanol–water partition coefficient (Wildman–Crippen LogP) is 2.34. The molecule has 0 amide bonds. The van der Waals surface area contributed by atoms with Crippen molar-refractivity contribution in [1.82, 2.24) is 0 Å². The van der Waals surface area contributed by atoms with E-state index in [0.717, 1.165) is 5.56 Å². The second-order valence-corrected chi connectivity index (χ2v) is 3.88. The second kappa shape index (κ2) is 5.51. The largest absolute Gasteiger partial charge is 0.468 e. The molecule has 0 aliphatic rings. The first-order valence-electron chi connectivity index (χ1n) is 5.60. The first-order valence-corrected chi connectivity index (χ1v) is 5.60. The van der Waals surface area contributed by atoms with Crippen molar-refractivity contribution in [3.05, 3.63) is 59.5 Å². The Balaban J connectivity index is 2.15. The van der Waals surface area contributed by atoms with Crippen LogP contribution in [0.3, 0.4) is 0 Å². The molecule has 1 unspecified atom stereocenters. The summed E-state index contributed by atoms with van der Waals surface area (Å²) in [4.78, 5) is 11.4. The van der Waals surface area contributed by atoms with E-state index in [1.54, 1.807) is 6.07 Å². The van der Waals surface area contributed by atoms with Gasteiger partial charge in [-0.15, -0.1) is 0 Å². The lowest BCUT2D eigenvalue weighted by atomic mass is 10.0. The lowest BCUT2D eigenvalue weighted by molar-refractivity contribution is 0.0596. The molecule has 1 aromatic carbocycles. The van der Waals surface area contributed by atoms with Crippen molar-refractivity contribution in [3.63, 3.8) is 0 Å². The summed E-state index contributed by atoms with van der Waals surface area (Å²) in [5.41, 5.74) is 1.14. The van der Waals surface area contributed by atoms with Crippen LogP contribution in [-0.2, 0) is 11.2 Å². The number of carbonyl (C=O) groups excluding carboxylic acids is 1. The molecule has 1 N–H and O–H groups in total. The minimum Gasteiger partial charge on any atom is -0.468 e. The Morgan fingerprint density at radius 3 is 2.72 bits per heavy atom. The van der Waals surface area contributed by atoms with E-state index in [4.69, 9.17) is 4.42 Å². The molecule has 0 fully saturated rings. The molecule has 1 heterocycles. The molecular formula is C14H14O4. The Morgan fingerprint density at radius 2 is 2.06 bits per heavy atom. The molecule has 0 saturated heterocycles. The molecule has 1 aromatic heterocycles. The van der Waals surface area contributed by atoms with Crippen molar-refractivity contribution in [2.45, 2.75) is 12.5 Å². The quantitative estimate of drug-likeness (QED) is 0.841. The summed E-state index contributed by atoms with van der Waals surface area (Å²) in [6, 6.07) is 10.8. The monoisotopic (exact) mass is 246 g/mol. The molecule has 94 valence electrons. The van der Waals surface area contributed by atoms with Gasteiger partial charge in [0.2, 0.25) is 0 Å². The number of benzene rings is 1. The van der Waals surface area contributed by atoms with Crippen LogP contribution in [0.2, 0.25) is 0 Å². The van der Waals surface area contributed by atoms with Crippen LogP contribution < -0.4 is 0 Å². The molecule has 0 spiro atoms. The fourth-order valence-electron chi connectivity index (χ4n) is 1.76. The van der Waals surface area contributed by atoms with Crippen LogP contribution in [0, 0.1) is 0 Å². The van der Waals surface area contributed by atoms with Gasteiger partial charge in [-0.1, -0.05) is 30.3 Å². The van der Waals surface area contributed by atoms with Gasteiger partial charge in [0.25, 0.3) is 0 Å². The number of hydrogen-bond donors (Lipinski definition) is 1. The molecule has 0 aliphatic carbocycles. The smallest absolute Gasteiger partial charge is 0.341 e. The highest BCUT2D eigenvalue weighted by molar-refractivity contribution is 5.90. The molecule has 1 atom stereocenters. The molecule has 18 heavy (non-hydrogen) atoms. The molecule has 2 rings (SSSR count). The molecule has 4 heteroatoms. The number of carbonyl (C=O) groups is 1. The van der Waals surface area contributed by atoms with Crippen LogP contribution in [0.1, 0.15) is 27.8 Å². The van der Waals surface area contributed by atoms with E-state index in [9.17, 15) is 9.90 Å². The van der Waals surface area contributed by atoms with Crippen LogP contribution in [0.25, 0.3) is 0 Å². The van der Waals surface area contributed by atoms with Gasteiger partial charge >= 0.3 is 5.97 Å². The predicted molar refractivity (Wildman–Crippen MR) is 65.2 cm³/mol. The molecule has 0 saturated carbocycles. The highest BCUT2D eigenvalue weighted by Crippen LogP contribution is 2.21. The Bertz CT molecular complexity index is 516. The van der Waals surface area contributed by atoms with Crippen molar-refractivity contribution in [2.24, 2.45) is 0 Å². The van der Waals surface area contributed by atoms with Gasteiger partial charge in [-0.2, -0.15) is 0 Å². The highest BCUT2D eigenvalue weighted by Gasteiger charge is 2.18. The molecule has 0 aliphatic heterocycles. The van der Waals surface area contributed by atoms with E-state index in [2.05, 4.69) is 4.74 Å². The summed E-state index contributed by atoms with van der Waals surface area (Å²) in [5.74, 6) is -0.0304. The highest BCUT2D eigenvalue weighted by atomic mass is 16.5. The number of hydrogen-bond acceptors (Lipinski definition) is 4. The summed E-state index contributed by atoms with van der Waals surface area (Å²) >= 11 is 0. The summed E-state index contributed by atoms with van der Waals surface area (Å²) in [5, 5.41) is 10.1. The molecule has 2 aromatic rings. The van der Waals surface area contributed by atoms with Gasteiger partial charge in [-0.05, 0) is 11.6 Å². The van der Waals surface area contributed by atoms with Crippen molar-refractivity contribution in [2.75, 3.05) is 7.11 Å². The van der Waals surface area contributed by atoms with E-state index in [1.165, 1.54) is 13.4 Å². The van der Waals surface area contributed by atoms with Gasteiger partial charge in [-0.25, -0.2) is 4.79 Å². The van der Waals surface area contributed by atoms with Crippen molar-refractivity contribution in [3.8, 4) is 0 Å². The van der Waals surface area contributed by atoms with Crippen LogP contribution in [0.4, 0.5) is 0 Å². The summed E-state index contributed by atoms with van der Waals surface area (Å²) in [6.07, 6.45) is 0.946. The van der Waals surface area contributed by atoms with E-state index < -0.39 is 12.1 Å². The maximum Gasteiger partial charge on any atom is 0.341 e. The number of aliphatic hydroxyl groups is 1. The number of esters is 1. The zero-order valence-corrected chi connectivity index (χ0v) is 10.00. The molecular weight excluding hydrogens is 232 g/mol. The van der Waals surface area contributed by atoms with Gasteiger partial charge < -0.3 is 14.3 Å². The minimum atomic E-state index is -0.708. The second-order valence-electron chi connectivity index (χ2n) is 3.88.